The molecule has 20 heavy (non-hydrogen) atoms. The number of amides is 1. The van der Waals surface area contributed by atoms with E-state index in [0.29, 0.717) is 13.0 Å². The van der Waals surface area contributed by atoms with Gasteiger partial charge in [0, 0.05) is 13.1 Å². The normalized spacial score (nSPS) is 23.1. The lowest BCUT2D eigenvalue weighted by Crippen LogP contribution is -2.34. The summed E-state index contributed by atoms with van der Waals surface area (Å²) in [6.45, 7) is 3.89. The first-order valence-corrected chi connectivity index (χ1v) is 8.25. The first-order chi connectivity index (χ1) is 9.27. The van der Waals surface area contributed by atoms with Crippen LogP contribution in [-0.4, -0.2) is 48.8 Å². The molecule has 1 atom stereocenters. The van der Waals surface area contributed by atoms with Gasteiger partial charge in [0.25, 0.3) is 5.91 Å². The largest absolute Gasteiger partial charge is 0.388 e. The number of sulfone groups is 1. The highest BCUT2D eigenvalue weighted by atomic mass is 32.2. The third-order valence-corrected chi connectivity index (χ3v) is 5.36. The van der Waals surface area contributed by atoms with E-state index in [1.807, 2.05) is 0 Å². The van der Waals surface area contributed by atoms with Crippen LogP contribution in [0.5, 0.6) is 0 Å². The number of likely N-dealkylation sites (tertiary alicyclic amines) is 1. The Morgan fingerprint density at radius 2 is 2.05 bits per heavy atom. The van der Waals surface area contributed by atoms with Crippen LogP contribution >= 0.6 is 0 Å². The minimum absolute atomic E-state index is 0.0466. The summed E-state index contributed by atoms with van der Waals surface area (Å²) in [5, 5.41) is 9.92. The Hall–Kier alpha value is -1.40. The van der Waals surface area contributed by atoms with Crippen LogP contribution in [0.25, 0.3) is 0 Å². The van der Waals surface area contributed by atoms with Crippen LogP contribution in [0.1, 0.15) is 30.6 Å². The van der Waals surface area contributed by atoms with E-state index in [1.54, 1.807) is 26.0 Å². The minimum Gasteiger partial charge on any atom is -0.388 e. The van der Waals surface area contributed by atoms with Crippen LogP contribution in [0.4, 0.5) is 0 Å². The van der Waals surface area contributed by atoms with Crippen LogP contribution in [-0.2, 0) is 9.84 Å². The van der Waals surface area contributed by atoms with E-state index in [4.69, 9.17) is 0 Å². The average Bonchev–Trinajstić information content (AvgIpc) is 2.78. The highest BCUT2D eigenvalue weighted by Gasteiger charge is 2.35. The van der Waals surface area contributed by atoms with Crippen molar-refractivity contribution in [1.82, 2.24) is 4.90 Å². The molecule has 1 aromatic carbocycles. The van der Waals surface area contributed by atoms with Crippen LogP contribution in [0.15, 0.2) is 29.2 Å². The first-order valence-electron chi connectivity index (χ1n) is 6.60. The van der Waals surface area contributed by atoms with E-state index in [9.17, 15) is 18.3 Å². The molecular formula is C14H19NO4S. The summed E-state index contributed by atoms with van der Waals surface area (Å²) in [4.78, 5) is 14.0. The van der Waals surface area contributed by atoms with E-state index in [2.05, 4.69) is 0 Å². The molecule has 0 aromatic heterocycles. The Kier molecular flexibility index (Phi) is 3.88. The van der Waals surface area contributed by atoms with Gasteiger partial charge in [0.05, 0.1) is 21.8 Å². The summed E-state index contributed by atoms with van der Waals surface area (Å²) in [6.07, 6.45) is 0.501. The molecule has 2 rings (SSSR count). The number of nitrogens with zero attached hydrogens (tertiary/aromatic N) is 1. The number of carbonyl (C=O) groups is 1. The second-order valence-corrected chi connectivity index (χ2v) is 7.62. The molecule has 1 aliphatic rings. The molecule has 1 aliphatic heterocycles. The van der Waals surface area contributed by atoms with Gasteiger partial charge in [-0.2, -0.15) is 0 Å². The maximum absolute atomic E-state index is 12.5. The SMILES string of the molecule is CCS(=O)(=O)c1ccccc1C(=O)N1CCC(C)(O)C1. The molecule has 1 fully saturated rings. The Morgan fingerprint density at radius 3 is 2.60 bits per heavy atom. The number of hydrogen-bond acceptors (Lipinski definition) is 4. The summed E-state index contributed by atoms with van der Waals surface area (Å²) >= 11 is 0. The lowest BCUT2D eigenvalue weighted by molar-refractivity contribution is 0.0570. The van der Waals surface area contributed by atoms with E-state index in [1.165, 1.54) is 17.0 Å². The van der Waals surface area contributed by atoms with Crippen molar-refractivity contribution in [3.63, 3.8) is 0 Å². The van der Waals surface area contributed by atoms with Crippen LogP contribution in [0.3, 0.4) is 0 Å². The van der Waals surface area contributed by atoms with E-state index >= 15 is 0 Å². The van der Waals surface area contributed by atoms with Crippen molar-refractivity contribution >= 4 is 15.7 Å². The van der Waals surface area contributed by atoms with Crippen molar-refractivity contribution in [1.29, 1.82) is 0 Å². The molecule has 0 spiro atoms. The zero-order valence-corrected chi connectivity index (χ0v) is 12.5. The third-order valence-electron chi connectivity index (χ3n) is 3.57. The van der Waals surface area contributed by atoms with Gasteiger partial charge < -0.3 is 10.0 Å². The summed E-state index contributed by atoms with van der Waals surface area (Å²) in [5.74, 6) is -0.384. The molecule has 110 valence electrons. The monoisotopic (exact) mass is 297 g/mol. The van der Waals surface area contributed by atoms with Gasteiger partial charge in [-0.15, -0.1) is 0 Å². The molecule has 1 amide bonds. The van der Waals surface area contributed by atoms with Crippen molar-refractivity contribution in [3.05, 3.63) is 29.8 Å². The van der Waals surface area contributed by atoms with Crippen molar-refractivity contribution in [3.8, 4) is 0 Å². The van der Waals surface area contributed by atoms with Gasteiger partial charge >= 0.3 is 0 Å². The predicted octanol–water partition coefficient (Wildman–Crippen LogP) is 1.08. The Morgan fingerprint density at radius 1 is 1.40 bits per heavy atom. The third kappa shape index (κ3) is 2.86. The van der Waals surface area contributed by atoms with E-state index < -0.39 is 15.4 Å². The highest BCUT2D eigenvalue weighted by Crippen LogP contribution is 2.25. The molecular weight excluding hydrogens is 278 g/mol. The second-order valence-electron chi connectivity index (χ2n) is 5.37. The van der Waals surface area contributed by atoms with Gasteiger partial charge in [-0.05, 0) is 25.5 Å². The lowest BCUT2D eigenvalue weighted by atomic mass is 10.1. The number of benzene rings is 1. The fourth-order valence-corrected chi connectivity index (χ4v) is 3.45. The lowest BCUT2D eigenvalue weighted by Gasteiger charge is -2.20. The number of aliphatic hydroxyl groups is 1. The molecule has 0 bridgehead atoms. The van der Waals surface area contributed by atoms with Crippen molar-refractivity contribution in [2.75, 3.05) is 18.8 Å². The van der Waals surface area contributed by atoms with E-state index in [0.717, 1.165) is 0 Å². The van der Waals surface area contributed by atoms with E-state index in [-0.39, 0.29) is 28.7 Å². The average molecular weight is 297 g/mol. The fraction of sp³-hybridized carbons (Fsp3) is 0.500. The number of hydrogen-bond donors (Lipinski definition) is 1. The van der Waals surface area contributed by atoms with Crippen molar-refractivity contribution in [2.45, 2.75) is 30.8 Å². The Labute approximate surface area is 119 Å². The van der Waals surface area contributed by atoms with Gasteiger partial charge in [0.1, 0.15) is 0 Å². The van der Waals surface area contributed by atoms with Gasteiger partial charge in [0.15, 0.2) is 9.84 Å². The predicted molar refractivity (Wildman–Crippen MR) is 75.3 cm³/mol. The quantitative estimate of drug-likeness (QED) is 0.906. The van der Waals surface area contributed by atoms with Crippen LogP contribution in [0.2, 0.25) is 0 Å². The van der Waals surface area contributed by atoms with Crippen molar-refractivity contribution < 1.29 is 18.3 Å². The fourth-order valence-electron chi connectivity index (χ4n) is 2.36. The van der Waals surface area contributed by atoms with Crippen LogP contribution < -0.4 is 0 Å². The topological polar surface area (TPSA) is 74.7 Å². The minimum atomic E-state index is -3.44. The molecule has 6 heteroatoms. The van der Waals surface area contributed by atoms with Crippen molar-refractivity contribution in [2.24, 2.45) is 0 Å². The Bertz CT molecular complexity index is 622. The first kappa shape index (κ1) is 15.0. The maximum atomic E-state index is 12.5. The zero-order valence-electron chi connectivity index (χ0n) is 11.7. The maximum Gasteiger partial charge on any atom is 0.255 e. The molecule has 1 saturated heterocycles. The summed E-state index contributed by atoms with van der Waals surface area (Å²) in [6, 6.07) is 6.24. The Balaban J connectivity index is 2.37. The molecule has 1 heterocycles. The number of rotatable bonds is 3. The molecule has 1 N–H and O–H groups in total. The smallest absolute Gasteiger partial charge is 0.255 e. The molecule has 0 aliphatic carbocycles. The van der Waals surface area contributed by atoms with Gasteiger partial charge in [-0.25, -0.2) is 8.42 Å². The second kappa shape index (κ2) is 5.18. The van der Waals surface area contributed by atoms with Gasteiger partial charge in [-0.1, -0.05) is 19.1 Å². The summed E-state index contributed by atoms with van der Waals surface area (Å²) < 4.78 is 24.1. The molecule has 1 aromatic rings. The highest BCUT2D eigenvalue weighted by molar-refractivity contribution is 7.91. The molecule has 1 unspecified atom stereocenters. The van der Waals surface area contributed by atoms with Gasteiger partial charge in [0.2, 0.25) is 0 Å². The zero-order chi connectivity index (χ0) is 15.0. The molecule has 0 saturated carbocycles. The van der Waals surface area contributed by atoms with Crippen LogP contribution in [0, 0.1) is 0 Å². The molecule has 0 radical (unpaired) electrons. The van der Waals surface area contributed by atoms with Gasteiger partial charge in [-0.3, -0.25) is 4.79 Å². The number of β-amino-alcohol motifs (C(OH)–C–C–N with tert-alkyl or cyclic N) is 1. The summed E-state index contributed by atoms with van der Waals surface area (Å²) in [5.41, 5.74) is -0.708. The molecule has 5 nitrogen and oxygen atoms in total. The number of carbonyl (C=O) groups excluding carboxylic acids is 1. The summed E-state index contributed by atoms with van der Waals surface area (Å²) in [7, 11) is -3.44. The standard InChI is InChI=1S/C14H19NO4S/c1-3-20(18,19)12-7-5-4-6-11(12)13(16)15-9-8-14(2,17)10-15/h4-7,17H,3,8-10H2,1-2H3.